The van der Waals surface area contributed by atoms with Gasteiger partial charge in [-0.2, -0.15) is 0 Å². The fourth-order valence-electron chi connectivity index (χ4n) is 7.37. The third kappa shape index (κ3) is 2.86. The van der Waals surface area contributed by atoms with E-state index in [4.69, 9.17) is 4.74 Å². The highest BCUT2D eigenvalue weighted by Crippen LogP contribution is 2.69. The van der Waals surface area contributed by atoms with E-state index in [9.17, 15) is 14.7 Å². The molecule has 0 aromatic carbocycles. The smallest absolute Gasteiger partial charge is 0.312 e. The summed E-state index contributed by atoms with van der Waals surface area (Å²) >= 11 is 0. The lowest BCUT2D eigenvalue weighted by atomic mass is 9.39. The van der Waals surface area contributed by atoms with Gasteiger partial charge in [0.2, 0.25) is 0 Å². The number of fused-ring (bicyclic) bond motifs is 3. The second-order valence-electron chi connectivity index (χ2n) is 10.2. The molecule has 0 heterocycles. The SMILES string of the molecule is C=C[C@]12CC[C@H]3[C@@](C)(CCC[C@@]3(C)C(=O)OCC)[C@@H]1CC[C@](C)(C(=O)O)C2. The van der Waals surface area contributed by atoms with E-state index in [0.717, 1.165) is 38.5 Å². The Morgan fingerprint density at radius 1 is 1.11 bits per heavy atom. The predicted molar refractivity (Wildman–Crippen MR) is 105 cm³/mol. The molecule has 3 fully saturated rings. The van der Waals surface area contributed by atoms with Crippen molar-refractivity contribution in [1.29, 1.82) is 0 Å². The van der Waals surface area contributed by atoms with Crippen LogP contribution in [0, 0.1) is 33.5 Å². The molecule has 27 heavy (non-hydrogen) atoms. The summed E-state index contributed by atoms with van der Waals surface area (Å²) in [7, 11) is 0. The average molecular weight is 377 g/mol. The van der Waals surface area contributed by atoms with E-state index in [1.807, 2.05) is 13.8 Å². The predicted octanol–water partition coefficient (Wildman–Crippen LogP) is 5.22. The van der Waals surface area contributed by atoms with Crippen molar-refractivity contribution in [3.63, 3.8) is 0 Å². The number of hydrogen-bond donors (Lipinski definition) is 1. The van der Waals surface area contributed by atoms with Crippen molar-refractivity contribution < 1.29 is 19.4 Å². The number of rotatable bonds is 4. The fourth-order valence-corrected chi connectivity index (χ4v) is 7.37. The molecule has 4 nitrogen and oxygen atoms in total. The van der Waals surface area contributed by atoms with Gasteiger partial charge in [-0.25, -0.2) is 0 Å². The van der Waals surface area contributed by atoms with E-state index in [2.05, 4.69) is 26.5 Å². The normalized spacial score (nSPS) is 46.7. The van der Waals surface area contributed by atoms with Gasteiger partial charge in [0.15, 0.2) is 0 Å². The van der Waals surface area contributed by atoms with Gasteiger partial charge in [-0.1, -0.05) is 19.4 Å². The summed E-state index contributed by atoms with van der Waals surface area (Å²) < 4.78 is 5.49. The molecule has 0 aromatic heterocycles. The van der Waals surface area contributed by atoms with Crippen LogP contribution in [0.15, 0.2) is 12.7 Å². The number of carbonyl (C=O) groups is 2. The van der Waals surface area contributed by atoms with Crippen LogP contribution in [0.4, 0.5) is 0 Å². The number of aliphatic carboxylic acids is 1. The lowest BCUT2D eigenvalue weighted by Gasteiger charge is -2.65. The van der Waals surface area contributed by atoms with Gasteiger partial charge in [0, 0.05) is 0 Å². The van der Waals surface area contributed by atoms with Crippen molar-refractivity contribution >= 4 is 11.9 Å². The Hall–Kier alpha value is -1.32. The van der Waals surface area contributed by atoms with Crippen LogP contribution >= 0.6 is 0 Å². The minimum atomic E-state index is -0.686. The Kier molecular flexibility index (Phi) is 5.01. The monoisotopic (exact) mass is 376 g/mol. The maximum absolute atomic E-state index is 12.9. The molecule has 0 radical (unpaired) electrons. The molecule has 0 amide bonds. The van der Waals surface area contributed by atoms with E-state index in [0.29, 0.717) is 31.3 Å². The molecule has 0 aromatic rings. The third-order valence-electron chi connectivity index (χ3n) is 8.73. The zero-order valence-corrected chi connectivity index (χ0v) is 17.5. The number of carboxylic acids is 1. The zero-order chi connectivity index (χ0) is 20.1. The number of hydrogen-bond acceptors (Lipinski definition) is 3. The van der Waals surface area contributed by atoms with Crippen molar-refractivity contribution in [3.8, 4) is 0 Å². The van der Waals surface area contributed by atoms with E-state index >= 15 is 0 Å². The largest absolute Gasteiger partial charge is 0.481 e. The minimum Gasteiger partial charge on any atom is -0.481 e. The maximum atomic E-state index is 12.9. The molecule has 6 atom stereocenters. The van der Waals surface area contributed by atoms with Crippen LogP contribution in [0.25, 0.3) is 0 Å². The Morgan fingerprint density at radius 3 is 2.37 bits per heavy atom. The van der Waals surface area contributed by atoms with Gasteiger partial charge in [-0.3, -0.25) is 9.59 Å². The number of esters is 1. The molecule has 3 rings (SSSR count). The van der Waals surface area contributed by atoms with Crippen molar-refractivity contribution in [3.05, 3.63) is 12.7 Å². The van der Waals surface area contributed by atoms with Gasteiger partial charge < -0.3 is 9.84 Å². The quantitative estimate of drug-likeness (QED) is 0.540. The maximum Gasteiger partial charge on any atom is 0.312 e. The number of ether oxygens (including phenoxy) is 1. The summed E-state index contributed by atoms with van der Waals surface area (Å²) in [6.07, 6.45) is 9.26. The second-order valence-corrected chi connectivity index (χ2v) is 10.2. The van der Waals surface area contributed by atoms with Crippen molar-refractivity contribution in [2.24, 2.45) is 33.5 Å². The summed E-state index contributed by atoms with van der Waals surface area (Å²) in [5, 5.41) is 9.81. The van der Waals surface area contributed by atoms with E-state index in [1.54, 1.807) is 0 Å². The van der Waals surface area contributed by atoms with Gasteiger partial charge in [0.05, 0.1) is 17.4 Å². The summed E-state index contributed by atoms with van der Waals surface area (Å²) in [6.45, 7) is 12.8. The third-order valence-corrected chi connectivity index (χ3v) is 8.73. The average Bonchev–Trinajstić information content (AvgIpc) is 2.61. The first kappa shape index (κ1) is 20.4. The van der Waals surface area contributed by atoms with E-state index in [1.165, 1.54) is 0 Å². The van der Waals surface area contributed by atoms with Crippen LogP contribution in [0.5, 0.6) is 0 Å². The molecule has 3 aliphatic carbocycles. The first-order valence-corrected chi connectivity index (χ1v) is 10.6. The molecule has 0 unspecified atom stereocenters. The summed E-state index contributed by atoms with van der Waals surface area (Å²) in [5.74, 6) is -0.0412. The molecular weight excluding hydrogens is 340 g/mol. The number of carbonyl (C=O) groups excluding carboxylic acids is 1. The van der Waals surface area contributed by atoms with Crippen molar-refractivity contribution in [1.82, 2.24) is 0 Å². The van der Waals surface area contributed by atoms with Crippen LogP contribution < -0.4 is 0 Å². The van der Waals surface area contributed by atoms with Crippen LogP contribution in [-0.2, 0) is 14.3 Å². The summed E-state index contributed by atoms with van der Waals surface area (Å²) in [5.41, 5.74) is -1.20. The standard InChI is InChI=1S/C23H36O4/c1-6-23-14-10-16-21(4,11-8-12-22(16,5)19(26)27-7-2)17(23)9-13-20(3,15-23)18(24)25/h6,16-17H,1,7-15H2,2-5H3,(H,24,25)/t16-,17-,20-,21+,22+,23+/m0/s1. The lowest BCUT2D eigenvalue weighted by molar-refractivity contribution is -0.190. The second kappa shape index (κ2) is 6.63. The molecule has 3 aliphatic rings. The van der Waals surface area contributed by atoms with Gasteiger partial charge in [0.1, 0.15) is 0 Å². The topological polar surface area (TPSA) is 63.6 Å². The highest BCUT2D eigenvalue weighted by Gasteiger charge is 2.64. The first-order valence-electron chi connectivity index (χ1n) is 10.6. The molecule has 3 saturated carbocycles. The van der Waals surface area contributed by atoms with E-state index < -0.39 is 16.8 Å². The molecule has 1 N–H and O–H groups in total. The molecule has 4 heteroatoms. The molecule has 152 valence electrons. The number of allylic oxidation sites excluding steroid dienone is 1. The Bertz CT molecular complexity index is 642. The molecule has 0 aliphatic heterocycles. The molecule has 0 bridgehead atoms. The summed E-state index contributed by atoms with van der Waals surface area (Å²) in [6, 6.07) is 0. The van der Waals surface area contributed by atoms with Gasteiger partial charge in [0.25, 0.3) is 0 Å². The highest BCUT2D eigenvalue weighted by molar-refractivity contribution is 5.77. The minimum absolute atomic E-state index is 0.0338. The number of carboxylic acid groups (broad SMARTS) is 1. The summed E-state index contributed by atoms with van der Waals surface area (Å²) in [4.78, 5) is 24.8. The van der Waals surface area contributed by atoms with E-state index in [-0.39, 0.29) is 16.8 Å². The van der Waals surface area contributed by atoms with Crippen LogP contribution in [0.1, 0.15) is 79.1 Å². The van der Waals surface area contributed by atoms with Gasteiger partial charge >= 0.3 is 11.9 Å². The lowest BCUT2D eigenvalue weighted by Crippen LogP contribution is -2.60. The van der Waals surface area contributed by atoms with Crippen molar-refractivity contribution in [2.45, 2.75) is 79.1 Å². The molecule has 0 spiro atoms. The molecule has 0 saturated heterocycles. The molecular formula is C23H36O4. The van der Waals surface area contributed by atoms with Gasteiger partial charge in [-0.15, -0.1) is 6.58 Å². The zero-order valence-electron chi connectivity index (χ0n) is 17.5. The first-order chi connectivity index (χ1) is 12.6. The van der Waals surface area contributed by atoms with Gasteiger partial charge in [-0.05, 0) is 88.4 Å². The fraction of sp³-hybridized carbons (Fsp3) is 0.826. The Morgan fingerprint density at radius 2 is 1.78 bits per heavy atom. The van der Waals surface area contributed by atoms with Crippen LogP contribution in [0.3, 0.4) is 0 Å². The van der Waals surface area contributed by atoms with Crippen LogP contribution in [0.2, 0.25) is 0 Å². The Labute approximate surface area is 163 Å². The van der Waals surface area contributed by atoms with Crippen LogP contribution in [-0.4, -0.2) is 23.7 Å². The van der Waals surface area contributed by atoms with Crippen molar-refractivity contribution in [2.75, 3.05) is 6.61 Å². The highest BCUT2D eigenvalue weighted by atomic mass is 16.5. The Balaban J connectivity index is 1.99.